The molecule has 494 valence electrons. The van der Waals surface area contributed by atoms with Crippen molar-refractivity contribution in [3.8, 4) is 0 Å². The van der Waals surface area contributed by atoms with Crippen LogP contribution in [0, 0.1) is 11.8 Å². The SMILES string of the molecule is C=Cc1ccc2c(c1)CC2.C=Cc1ccccc1.CC(CC(CC(ON(C(c1ccccc1)C(C)C)C(C)(C)C)c1ccc2c(c1)CC2)c1ccccc1)c1ccccc1.COCCOCCOCc1ccc(C(C)ON(C(c2ccccc2)C(C)C)C(C)(C)C)cc1. The van der Waals surface area contributed by atoms with Gasteiger partial charge in [-0.05, 0) is 183 Å². The molecule has 0 radical (unpaired) electrons. The number of ether oxygens (including phenoxy) is 3. The van der Waals surface area contributed by atoms with Gasteiger partial charge in [-0.25, -0.2) is 0 Å². The molecule has 6 unspecified atom stereocenters. The van der Waals surface area contributed by atoms with Gasteiger partial charge in [0.25, 0.3) is 0 Å². The lowest BCUT2D eigenvalue weighted by Gasteiger charge is -2.45. The molecule has 10 rings (SSSR count). The summed E-state index contributed by atoms with van der Waals surface area (Å²) in [5, 5.41) is 4.50. The minimum absolute atomic E-state index is 0.0618. The number of hydrogen-bond donors (Lipinski definition) is 0. The van der Waals surface area contributed by atoms with Gasteiger partial charge >= 0.3 is 0 Å². The van der Waals surface area contributed by atoms with E-state index in [9.17, 15) is 0 Å². The Hall–Kier alpha value is -7.04. The molecule has 0 aromatic heterocycles. The van der Waals surface area contributed by atoms with Crippen LogP contribution in [0.2, 0.25) is 0 Å². The number of aryl methyl sites for hydroxylation is 4. The molecule has 0 saturated carbocycles. The zero-order valence-corrected chi connectivity index (χ0v) is 58.6. The second-order valence-corrected chi connectivity index (χ2v) is 27.7. The summed E-state index contributed by atoms with van der Waals surface area (Å²) < 4.78 is 16.1. The molecule has 0 heterocycles. The predicted molar refractivity (Wildman–Crippen MR) is 391 cm³/mol. The van der Waals surface area contributed by atoms with E-state index in [4.69, 9.17) is 23.9 Å². The van der Waals surface area contributed by atoms with Crippen molar-refractivity contribution in [2.45, 2.75) is 175 Å². The highest BCUT2D eigenvalue weighted by atomic mass is 16.7. The lowest BCUT2D eigenvalue weighted by Crippen LogP contribution is -2.46. The Balaban J connectivity index is 0.000000210. The van der Waals surface area contributed by atoms with Crippen LogP contribution in [0.5, 0.6) is 0 Å². The summed E-state index contributed by atoms with van der Waals surface area (Å²) in [5.74, 6) is 1.58. The van der Waals surface area contributed by atoms with E-state index in [0.717, 1.165) is 24.0 Å². The second-order valence-electron chi connectivity index (χ2n) is 27.7. The van der Waals surface area contributed by atoms with Crippen LogP contribution in [0.3, 0.4) is 0 Å². The number of hydrogen-bond acceptors (Lipinski definition) is 7. The number of rotatable bonds is 28. The van der Waals surface area contributed by atoms with Gasteiger partial charge in [-0.3, -0.25) is 9.68 Å². The maximum absolute atomic E-state index is 7.37. The first kappa shape index (κ1) is 73.4. The quantitative estimate of drug-likeness (QED) is 0.0358. The van der Waals surface area contributed by atoms with Crippen LogP contribution in [-0.4, -0.2) is 54.7 Å². The van der Waals surface area contributed by atoms with E-state index in [1.165, 1.54) is 86.9 Å². The molecule has 0 spiro atoms. The van der Waals surface area contributed by atoms with Gasteiger partial charge in [0, 0.05) is 18.2 Å². The third kappa shape index (κ3) is 22.9. The van der Waals surface area contributed by atoms with Crippen molar-refractivity contribution < 1.29 is 23.9 Å². The van der Waals surface area contributed by atoms with Crippen LogP contribution < -0.4 is 0 Å². The molecule has 0 amide bonds. The van der Waals surface area contributed by atoms with Crippen LogP contribution in [0.4, 0.5) is 0 Å². The van der Waals surface area contributed by atoms with E-state index in [-0.39, 0.29) is 35.4 Å². The molecule has 0 N–H and O–H groups in total. The molecule has 7 nitrogen and oxygen atoms in total. The van der Waals surface area contributed by atoms with Crippen LogP contribution in [0.15, 0.2) is 225 Å². The van der Waals surface area contributed by atoms with E-state index < -0.39 is 0 Å². The van der Waals surface area contributed by atoms with Crippen molar-refractivity contribution in [3.63, 3.8) is 0 Å². The van der Waals surface area contributed by atoms with E-state index in [1.807, 2.05) is 42.5 Å². The monoisotopic (exact) mass is 1250 g/mol. The van der Waals surface area contributed by atoms with Gasteiger partial charge in [-0.1, -0.05) is 272 Å². The van der Waals surface area contributed by atoms with Crippen molar-refractivity contribution in [2.24, 2.45) is 11.8 Å². The first-order valence-corrected chi connectivity index (χ1v) is 34.2. The highest BCUT2D eigenvalue weighted by molar-refractivity contribution is 5.52. The highest BCUT2D eigenvalue weighted by Crippen LogP contribution is 2.44. The van der Waals surface area contributed by atoms with Crippen molar-refractivity contribution in [1.82, 2.24) is 10.1 Å². The number of fused-ring (bicyclic) bond motifs is 2. The van der Waals surface area contributed by atoms with Gasteiger partial charge < -0.3 is 14.2 Å². The smallest absolute Gasteiger partial charge is 0.105 e. The summed E-state index contributed by atoms with van der Waals surface area (Å²) in [7, 11) is 1.67. The van der Waals surface area contributed by atoms with E-state index in [2.05, 4.69) is 288 Å². The fraction of sp³-hybridized carbons (Fsp3) is 0.395. The van der Waals surface area contributed by atoms with Crippen molar-refractivity contribution in [2.75, 3.05) is 33.5 Å². The lowest BCUT2D eigenvalue weighted by atomic mass is 9.80. The summed E-state index contributed by atoms with van der Waals surface area (Å²) in [5.41, 5.74) is 17.0. The lowest BCUT2D eigenvalue weighted by molar-refractivity contribution is -0.278. The molecule has 0 fully saturated rings. The van der Waals surface area contributed by atoms with Gasteiger partial charge in [-0.15, -0.1) is 0 Å². The molecule has 0 aliphatic heterocycles. The number of methoxy groups -OCH3 is 1. The average molecular weight is 1250 g/mol. The number of benzene rings is 8. The summed E-state index contributed by atoms with van der Waals surface area (Å²) in [6.45, 7) is 37.4. The molecule has 0 bridgehead atoms. The summed E-state index contributed by atoms with van der Waals surface area (Å²) in [4.78, 5) is 14.0. The molecular weight excluding hydrogens is 1140 g/mol. The number of nitrogens with zero attached hydrogens (tertiary/aromatic N) is 2. The maximum Gasteiger partial charge on any atom is 0.105 e. The van der Waals surface area contributed by atoms with Crippen LogP contribution in [-0.2, 0) is 56.2 Å². The topological polar surface area (TPSA) is 52.6 Å². The Morgan fingerprint density at radius 3 is 1.28 bits per heavy atom. The standard InChI is InChI=1S/C40H49NO.C28H43NO4.C10H10.C8H8/c1-29(2)39(34-20-14-9-15-21-34)41(40(4,5)6)42-38(36-25-23-33-22-24-35(33)27-36)28-37(32-18-12-8-13-19-32)26-30(3)31-16-10-7-11-17-31;1-22(2)27(26-11-9-8-10-12-26)29(28(4,5)6)33-23(3)25-15-13-24(14-16-25)21-32-20-19-31-18-17-30-7;1-2-8-3-4-9-5-6-10(9)7-8;1-2-8-6-4-3-5-7-8/h7-21,23,25,27,29-30,37-39H,22,24,26,28H2,1-6H3;8-16,22-23,27H,17-21H2,1-7H3;2-4,7H,1,5-6H2;2-7H,1H2. The first-order chi connectivity index (χ1) is 44.8. The molecule has 8 aromatic rings. The normalized spacial score (nSPS) is 14.4. The van der Waals surface area contributed by atoms with E-state index in [0.29, 0.717) is 56.7 Å². The first-order valence-electron chi connectivity index (χ1n) is 34.2. The van der Waals surface area contributed by atoms with Crippen LogP contribution in [0.25, 0.3) is 12.2 Å². The summed E-state index contributed by atoms with van der Waals surface area (Å²) in [6.07, 6.45) is 10.5. The highest BCUT2D eigenvalue weighted by Gasteiger charge is 2.38. The minimum atomic E-state index is -0.192. The Labute approximate surface area is 561 Å². The van der Waals surface area contributed by atoms with Gasteiger partial charge in [-0.2, -0.15) is 10.1 Å². The Morgan fingerprint density at radius 2 is 0.839 bits per heavy atom. The average Bonchev–Trinajstić information content (AvgIpc) is 0.818. The largest absolute Gasteiger partial charge is 0.382 e. The van der Waals surface area contributed by atoms with Crippen molar-refractivity contribution in [3.05, 3.63) is 298 Å². The van der Waals surface area contributed by atoms with Crippen LogP contribution in [0.1, 0.15) is 204 Å². The van der Waals surface area contributed by atoms with Gasteiger partial charge in [0.15, 0.2) is 0 Å². The molecule has 93 heavy (non-hydrogen) atoms. The van der Waals surface area contributed by atoms with Crippen LogP contribution >= 0.6 is 0 Å². The zero-order chi connectivity index (χ0) is 66.8. The fourth-order valence-electron chi connectivity index (χ4n) is 12.3. The molecule has 2 aliphatic carbocycles. The Bertz CT molecular complexity index is 3390. The van der Waals surface area contributed by atoms with E-state index in [1.54, 1.807) is 7.11 Å². The predicted octanol–water partition coefficient (Wildman–Crippen LogP) is 21.7. The number of hydroxylamine groups is 4. The van der Waals surface area contributed by atoms with Gasteiger partial charge in [0.1, 0.15) is 12.2 Å². The zero-order valence-electron chi connectivity index (χ0n) is 58.6. The molecular formula is C86H110N2O5. The Morgan fingerprint density at radius 1 is 0.409 bits per heavy atom. The molecule has 0 saturated heterocycles. The van der Waals surface area contributed by atoms with Gasteiger partial charge in [0.05, 0.1) is 45.1 Å². The fourth-order valence-corrected chi connectivity index (χ4v) is 12.3. The third-order valence-electron chi connectivity index (χ3n) is 17.6. The van der Waals surface area contributed by atoms with Gasteiger partial charge in [0.2, 0.25) is 0 Å². The minimum Gasteiger partial charge on any atom is -0.382 e. The molecule has 8 aromatic carbocycles. The summed E-state index contributed by atoms with van der Waals surface area (Å²) >= 11 is 0. The Kier molecular flexibility index (Phi) is 29.3. The third-order valence-corrected chi connectivity index (χ3v) is 17.6. The summed E-state index contributed by atoms with van der Waals surface area (Å²) in [6, 6.07) is 76.1. The molecule has 2 aliphatic rings. The second kappa shape index (κ2) is 37.2. The molecule has 7 heteroatoms. The molecule has 6 atom stereocenters. The maximum atomic E-state index is 7.37. The van der Waals surface area contributed by atoms with Crippen molar-refractivity contribution >= 4 is 12.2 Å². The van der Waals surface area contributed by atoms with Crippen molar-refractivity contribution in [1.29, 1.82) is 0 Å². The van der Waals surface area contributed by atoms with E-state index >= 15 is 0 Å².